The number of aryl methyl sites for hydroxylation is 1. The quantitative estimate of drug-likeness (QED) is 0.820. The Morgan fingerprint density at radius 1 is 0.947 bits per heavy atom. The lowest BCUT2D eigenvalue weighted by molar-refractivity contribution is 0.299. The van der Waals surface area contributed by atoms with E-state index in [-0.39, 0.29) is 12.4 Å². The van der Waals surface area contributed by atoms with Crippen LogP contribution >= 0.6 is 0 Å². The molecule has 2 aromatic carbocycles. The Morgan fingerprint density at radius 3 is 2.21 bits per heavy atom. The molecular weight excluding hydrogens is 240 g/mol. The van der Waals surface area contributed by atoms with Crippen LogP contribution in [0.25, 0.3) is 0 Å². The van der Waals surface area contributed by atoms with Gasteiger partial charge in [-0.05, 0) is 54.8 Å². The van der Waals surface area contributed by atoms with Crippen molar-refractivity contribution < 1.29 is 10.2 Å². The van der Waals surface area contributed by atoms with Crippen LogP contribution in [0.5, 0.6) is 5.75 Å². The second kappa shape index (κ2) is 6.11. The second-order valence-electron chi connectivity index (χ2n) is 4.31. The van der Waals surface area contributed by atoms with E-state index in [0.717, 1.165) is 16.8 Å². The Kier molecular flexibility index (Phi) is 4.26. The first-order valence-corrected chi connectivity index (χ1v) is 6.10. The molecule has 0 aliphatic carbocycles. The van der Waals surface area contributed by atoms with Gasteiger partial charge in [0.1, 0.15) is 5.75 Å². The molecule has 2 aromatic rings. The summed E-state index contributed by atoms with van der Waals surface area (Å²) in [6.07, 6.45) is 0.647. The molecule has 0 fully saturated rings. The summed E-state index contributed by atoms with van der Waals surface area (Å²) < 4.78 is 0. The number of rotatable bonds is 4. The second-order valence-corrected chi connectivity index (χ2v) is 4.31. The average Bonchev–Trinajstić information content (AvgIpc) is 2.42. The molecule has 4 heteroatoms. The van der Waals surface area contributed by atoms with Gasteiger partial charge in [-0.2, -0.15) is 10.2 Å². The molecule has 0 aliphatic heterocycles. The largest absolute Gasteiger partial charge is 0.508 e. The van der Waals surface area contributed by atoms with Crippen molar-refractivity contribution in [3.63, 3.8) is 0 Å². The molecule has 2 rings (SSSR count). The van der Waals surface area contributed by atoms with Crippen molar-refractivity contribution in [3.8, 4) is 5.75 Å². The first kappa shape index (κ1) is 13.2. The van der Waals surface area contributed by atoms with Gasteiger partial charge in [0, 0.05) is 6.61 Å². The lowest BCUT2D eigenvalue weighted by Crippen LogP contribution is -1.88. The standard InChI is InChI=1S/C15H16N2O2/c1-11-10-14(6-7-15(11)19)17-16-13-4-2-12(3-5-13)8-9-18/h2-7,10,18-19H,8-9H2,1H3. The number of phenols is 1. The number of phenolic OH excluding ortho intramolecular Hbond substituents is 1. The van der Waals surface area contributed by atoms with E-state index in [4.69, 9.17) is 5.11 Å². The van der Waals surface area contributed by atoms with Crippen molar-refractivity contribution in [2.24, 2.45) is 10.2 Å². The molecule has 0 heterocycles. The number of hydrogen-bond donors (Lipinski definition) is 2. The van der Waals surface area contributed by atoms with Crippen molar-refractivity contribution in [2.75, 3.05) is 6.61 Å². The molecule has 0 saturated carbocycles. The summed E-state index contributed by atoms with van der Waals surface area (Å²) in [5, 5.41) is 26.5. The number of azo groups is 1. The van der Waals surface area contributed by atoms with Gasteiger partial charge in [-0.3, -0.25) is 0 Å². The zero-order valence-corrected chi connectivity index (χ0v) is 10.7. The number of benzene rings is 2. The van der Waals surface area contributed by atoms with Crippen LogP contribution in [0.1, 0.15) is 11.1 Å². The lowest BCUT2D eigenvalue weighted by atomic mass is 10.1. The van der Waals surface area contributed by atoms with E-state index >= 15 is 0 Å². The minimum Gasteiger partial charge on any atom is -0.508 e. The molecule has 0 radical (unpaired) electrons. The Bertz CT molecular complexity index is 577. The predicted molar refractivity (Wildman–Crippen MR) is 74.3 cm³/mol. The van der Waals surface area contributed by atoms with E-state index in [1.807, 2.05) is 31.2 Å². The number of aliphatic hydroxyl groups excluding tert-OH is 1. The van der Waals surface area contributed by atoms with E-state index in [0.29, 0.717) is 12.1 Å². The van der Waals surface area contributed by atoms with Crippen LogP contribution < -0.4 is 0 Å². The summed E-state index contributed by atoms with van der Waals surface area (Å²) in [4.78, 5) is 0. The van der Waals surface area contributed by atoms with E-state index in [1.54, 1.807) is 18.2 Å². The summed E-state index contributed by atoms with van der Waals surface area (Å²) in [6, 6.07) is 12.7. The molecule has 2 N–H and O–H groups in total. The first-order valence-electron chi connectivity index (χ1n) is 6.10. The minimum atomic E-state index is 0.146. The Morgan fingerprint density at radius 2 is 1.58 bits per heavy atom. The van der Waals surface area contributed by atoms with E-state index in [2.05, 4.69) is 10.2 Å². The summed E-state index contributed by atoms with van der Waals surface area (Å²) in [5.41, 5.74) is 3.30. The Hall–Kier alpha value is -2.20. The topological polar surface area (TPSA) is 65.2 Å². The maximum absolute atomic E-state index is 9.42. The Balaban J connectivity index is 2.11. The van der Waals surface area contributed by atoms with Gasteiger partial charge in [0.15, 0.2) is 0 Å². The van der Waals surface area contributed by atoms with E-state index in [1.165, 1.54) is 0 Å². The van der Waals surface area contributed by atoms with Crippen molar-refractivity contribution in [1.29, 1.82) is 0 Å². The predicted octanol–water partition coefficient (Wildman–Crippen LogP) is 3.65. The van der Waals surface area contributed by atoms with Crippen LogP contribution in [-0.4, -0.2) is 16.8 Å². The number of hydrogen-bond acceptors (Lipinski definition) is 4. The SMILES string of the molecule is Cc1cc(N=Nc2ccc(CCO)cc2)ccc1O. The van der Waals surface area contributed by atoms with Crippen molar-refractivity contribution in [2.45, 2.75) is 13.3 Å². The molecular formula is C15H16N2O2. The maximum Gasteiger partial charge on any atom is 0.118 e. The van der Waals surface area contributed by atoms with E-state index in [9.17, 15) is 5.11 Å². The van der Waals surface area contributed by atoms with Crippen LogP contribution in [-0.2, 0) is 6.42 Å². The van der Waals surface area contributed by atoms with Crippen molar-refractivity contribution >= 4 is 11.4 Å². The molecule has 0 unspecified atom stereocenters. The molecule has 0 atom stereocenters. The fourth-order valence-corrected chi connectivity index (χ4v) is 1.68. The summed E-state index contributed by atoms with van der Waals surface area (Å²) >= 11 is 0. The highest BCUT2D eigenvalue weighted by atomic mass is 16.3. The fourth-order valence-electron chi connectivity index (χ4n) is 1.68. The molecule has 0 aliphatic rings. The third kappa shape index (κ3) is 3.63. The molecule has 0 aromatic heterocycles. The van der Waals surface area contributed by atoms with Gasteiger partial charge in [-0.15, -0.1) is 0 Å². The number of nitrogens with zero attached hydrogens (tertiary/aromatic N) is 2. The van der Waals surface area contributed by atoms with Gasteiger partial charge in [0.25, 0.3) is 0 Å². The summed E-state index contributed by atoms with van der Waals surface area (Å²) in [5.74, 6) is 0.257. The molecule has 19 heavy (non-hydrogen) atoms. The van der Waals surface area contributed by atoms with Gasteiger partial charge in [-0.1, -0.05) is 12.1 Å². The highest BCUT2D eigenvalue weighted by molar-refractivity contribution is 5.46. The molecule has 0 saturated heterocycles. The van der Waals surface area contributed by atoms with Crippen LogP contribution in [0.3, 0.4) is 0 Å². The van der Waals surface area contributed by atoms with Crippen LogP contribution in [0.2, 0.25) is 0 Å². The normalized spacial score (nSPS) is 11.1. The third-order valence-electron chi connectivity index (χ3n) is 2.80. The fraction of sp³-hybridized carbons (Fsp3) is 0.200. The highest BCUT2D eigenvalue weighted by Crippen LogP contribution is 2.24. The molecule has 0 bridgehead atoms. The molecule has 0 spiro atoms. The van der Waals surface area contributed by atoms with Gasteiger partial charge in [0.2, 0.25) is 0 Å². The first-order chi connectivity index (χ1) is 9.19. The average molecular weight is 256 g/mol. The Labute approximate surface area is 112 Å². The summed E-state index contributed by atoms with van der Waals surface area (Å²) in [7, 11) is 0. The van der Waals surface area contributed by atoms with Gasteiger partial charge in [0.05, 0.1) is 11.4 Å². The summed E-state index contributed by atoms with van der Waals surface area (Å²) in [6.45, 7) is 1.96. The number of aliphatic hydroxyl groups is 1. The number of aromatic hydroxyl groups is 1. The highest BCUT2D eigenvalue weighted by Gasteiger charge is 1.97. The van der Waals surface area contributed by atoms with Crippen molar-refractivity contribution in [1.82, 2.24) is 0 Å². The van der Waals surface area contributed by atoms with Crippen LogP contribution in [0.4, 0.5) is 11.4 Å². The van der Waals surface area contributed by atoms with E-state index < -0.39 is 0 Å². The van der Waals surface area contributed by atoms with Crippen LogP contribution in [0.15, 0.2) is 52.7 Å². The lowest BCUT2D eigenvalue weighted by Gasteiger charge is -1.99. The smallest absolute Gasteiger partial charge is 0.118 e. The van der Waals surface area contributed by atoms with Crippen molar-refractivity contribution in [3.05, 3.63) is 53.6 Å². The molecule has 4 nitrogen and oxygen atoms in total. The van der Waals surface area contributed by atoms with Gasteiger partial charge < -0.3 is 10.2 Å². The zero-order chi connectivity index (χ0) is 13.7. The third-order valence-corrected chi connectivity index (χ3v) is 2.80. The monoisotopic (exact) mass is 256 g/mol. The molecule has 0 amide bonds. The maximum atomic E-state index is 9.42. The van der Waals surface area contributed by atoms with Gasteiger partial charge in [-0.25, -0.2) is 0 Å². The van der Waals surface area contributed by atoms with Crippen LogP contribution in [0, 0.1) is 6.92 Å². The molecule has 98 valence electrons. The minimum absolute atomic E-state index is 0.146. The zero-order valence-electron chi connectivity index (χ0n) is 10.7. The van der Waals surface area contributed by atoms with Gasteiger partial charge >= 0.3 is 0 Å².